The van der Waals surface area contributed by atoms with Gasteiger partial charge in [-0.3, -0.25) is 9.78 Å². The van der Waals surface area contributed by atoms with Gasteiger partial charge in [-0.2, -0.15) is 0 Å². The van der Waals surface area contributed by atoms with Gasteiger partial charge in [0.25, 0.3) is 0 Å². The lowest BCUT2D eigenvalue weighted by molar-refractivity contribution is -0.131. The Morgan fingerprint density at radius 3 is 2.19 bits per heavy atom. The highest BCUT2D eigenvalue weighted by Gasteiger charge is 2.21. The Balaban J connectivity index is 1.82. The number of hydrogen-bond acceptors (Lipinski definition) is 2. The standard InChI is InChI=1S/C24H26N2O/c1-3-26(18-20-13-15-25-16-14-20)24(27)17-23(21-7-5-4-6-8-21)22-11-9-19(2)10-12-22/h4-16,23H,3,17-18H2,1-2H3. The van der Waals surface area contributed by atoms with E-state index in [4.69, 9.17) is 0 Å². The van der Waals surface area contributed by atoms with Crippen molar-refractivity contribution in [3.63, 3.8) is 0 Å². The fourth-order valence-electron chi connectivity index (χ4n) is 3.30. The van der Waals surface area contributed by atoms with Crippen molar-refractivity contribution in [2.75, 3.05) is 6.54 Å². The van der Waals surface area contributed by atoms with Gasteiger partial charge in [0.1, 0.15) is 0 Å². The molecule has 1 unspecified atom stereocenters. The second-order valence-electron chi connectivity index (χ2n) is 6.84. The van der Waals surface area contributed by atoms with E-state index in [1.807, 2.05) is 42.2 Å². The Morgan fingerprint density at radius 2 is 1.56 bits per heavy atom. The Hall–Kier alpha value is -2.94. The molecule has 0 saturated carbocycles. The molecule has 0 aliphatic carbocycles. The quantitative estimate of drug-likeness (QED) is 0.598. The van der Waals surface area contributed by atoms with Crippen LogP contribution in [0.15, 0.2) is 79.1 Å². The summed E-state index contributed by atoms with van der Waals surface area (Å²) in [5, 5.41) is 0. The van der Waals surface area contributed by atoms with Crippen LogP contribution in [0.5, 0.6) is 0 Å². The largest absolute Gasteiger partial charge is 0.339 e. The summed E-state index contributed by atoms with van der Waals surface area (Å²) in [5.74, 6) is 0.231. The predicted molar refractivity (Wildman–Crippen MR) is 109 cm³/mol. The van der Waals surface area contributed by atoms with Gasteiger partial charge in [0, 0.05) is 37.8 Å². The van der Waals surface area contributed by atoms with Gasteiger partial charge in [-0.1, -0.05) is 60.2 Å². The number of carbonyl (C=O) groups is 1. The number of carbonyl (C=O) groups excluding carboxylic acids is 1. The minimum Gasteiger partial charge on any atom is -0.339 e. The number of pyridine rings is 1. The number of aryl methyl sites for hydroxylation is 1. The van der Waals surface area contributed by atoms with Crippen LogP contribution in [0.25, 0.3) is 0 Å². The summed E-state index contributed by atoms with van der Waals surface area (Å²) in [4.78, 5) is 19.1. The molecule has 3 heteroatoms. The van der Waals surface area contributed by atoms with E-state index in [9.17, 15) is 4.79 Å². The van der Waals surface area contributed by atoms with Gasteiger partial charge in [-0.25, -0.2) is 0 Å². The third kappa shape index (κ3) is 5.04. The van der Waals surface area contributed by atoms with Gasteiger partial charge in [-0.05, 0) is 42.7 Å². The number of amides is 1. The minimum absolute atomic E-state index is 0.0609. The van der Waals surface area contributed by atoms with Gasteiger partial charge in [0.05, 0.1) is 0 Å². The summed E-state index contributed by atoms with van der Waals surface area (Å²) in [6, 6.07) is 22.7. The number of hydrogen-bond donors (Lipinski definition) is 0. The highest BCUT2D eigenvalue weighted by molar-refractivity contribution is 5.77. The van der Waals surface area contributed by atoms with Gasteiger partial charge in [0.2, 0.25) is 5.91 Å². The topological polar surface area (TPSA) is 33.2 Å². The zero-order valence-corrected chi connectivity index (χ0v) is 16.0. The lowest BCUT2D eigenvalue weighted by Gasteiger charge is -2.25. The summed E-state index contributed by atoms with van der Waals surface area (Å²) in [6.45, 7) is 5.42. The normalized spacial score (nSPS) is 11.8. The first-order valence-electron chi connectivity index (χ1n) is 9.45. The summed E-state index contributed by atoms with van der Waals surface area (Å²) < 4.78 is 0. The fraction of sp³-hybridized carbons (Fsp3) is 0.250. The second kappa shape index (κ2) is 9.13. The van der Waals surface area contributed by atoms with Crippen LogP contribution in [0.4, 0.5) is 0 Å². The number of nitrogens with zero attached hydrogens (tertiary/aromatic N) is 2. The van der Waals surface area contributed by atoms with Crippen molar-refractivity contribution in [1.29, 1.82) is 0 Å². The van der Waals surface area contributed by atoms with Crippen molar-refractivity contribution < 1.29 is 4.79 Å². The number of benzene rings is 2. The maximum Gasteiger partial charge on any atom is 0.223 e. The average Bonchev–Trinajstić information content (AvgIpc) is 2.72. The smallest absolute Gasteiger partial charge is 0.223 e. The Bertz CT molecular complexity index is 845. The first-order chi connectivity index (χ1) is 13.2. The molecule has 0 aliphatic rings. The van der Waals surface area contributed by atoms with Crippen LogP contribution in [0.1, 0.15) is 41.5 Å². The van der Waals surface area contributed by atoms with E-state index in [1.54, 1.807) is 12.4 Å². The highest BCUT2D eigenvalue weighted by atomic mass is 16.2. The lowest BCUT2D eigenvalue weighted by Crippen LogP contribution is -2.31. The number of rotatable bonds is 7. The Kier molecular flexibility index (Phi) is 6.37. The molecule has 0 bridgehead atoms. The molecule has 0 N–H and O–H groups in total. The van der Waals surface area contributed by atoms with Crippen molar-refractivity contribution in [3.05, 3.63) is 101 Å². The van der Waals surface area contributed by atoms with Crippen LogP contribution in [0, 0.1) is 6.92 Å². The van der Waals surface area contributed by atoms with Crippen LogP contribution in [-0.4, -0.2) is 22.3 Å². The third-order valence-corrected chi connectivity index (χ3v) is 4.92. The molecule has 3 rings (SSSR count). The highest BCUT2D eigenvalue weighted by Crippen LogP contribution is 2.29. The molecule has 0 fully saturated rings. The van der Waals surface area contributed by atoms with Gasteiger partial charge >= 0.3 is 0 Å². The Morgan fingerprint density at radius 1 is 0.926 bits per heavy atom. The molecule has 1 aromatic heterocycles. The van der Waals surface area contributed by atoms with E-state index in [1.165, 1.54) is 16.7 Å². The average molecular weight is 358 g/mol. The molecule has 0 saturated heterocycles. The minimum atomic E-state index is 0.0609. The molecule has 2 aromatic carbocycles. The molecule has 1 heterocycles. The molecule has 0 radical (unpaired) electrons. The zero-order chi connectivity index (χ0) is 19.1. The van der Waals surface area contributed by atoms with Gasteiger partial charge < -0.3 is 4.90 Å². The van der Waals surface area contributed by atoms with Crippen LogP contribution >= 0.6 is 0 Å². The second-order valence-corrected chi connectivity index (χ2v) is 6.84. The van der Waals surface area contributed by atoms with Crippen molar-refractivity contribution in [3.8, 4) is 0 Å². The van der Waals surface area contributed by atoms with Crippen LogP contribution in [-0.2, 0) is 11.3 Å². The molecule has 138 valence electrons. The zero-order valence-electron chi connectivity index (χ0n) is 16.0. The predicted octanol–water partition coefficient (Wildman–Crippen LogP) is 4.96. The fourth-order valence-corrected chi connectivity index (χ4v) is 3.30. The van der Waals surface area contributed by atoms with Crippen molar-refractivity contribution in [2.24, 2.45) is 0 Å². The van der Waals surface area contributed by atoms with Crippen molar-refractivity contribution >= 4 is 5.91 Å². The number of aromatic nitrogens is 1. The van der Waals surface area contributed by atoms with Gasteiger partial charge in [-0.15, -0.1) is 0 Å². The molecule has 0 spiro atoms. The van der Waals surface area contributed by atoms with Crippen molar-refractivity contribution in [2.45, 2.75) is 32.7 Å². The van der Waals surface area contributed by atoms with E-state index < -0.39 is 0 Å². The summed E-state index contributed by atoms with van der Waals surface area (Å²) in [5.41, 5.74) is 4.69. The molecule has 1 amide bonds. The van der Waals surface area contributed by atoms with E-state index >= 15 is 0 Å². The van der Waals surface area contributed by atoms with Crippen LogP contribution in [0.2, 0.25) is 0 Å². The van der Waals surface area contributed by atoms with Gasteiger partial charge in [0.15, 0.2) is 0 Å². The molecular formula is C24H26N2O. The first-order valence-corrected chi connectivity index (χ1v) is 9.45. The lowest BCUT2D eigenvalue weighted by atomic mass is 9.87. The Labute approximate surface area is 161 Å². The van der Waals surface area contributed by atoms with E-state index in [0.29, 0.717) is 19.5 Å². The molecule has 3 aromatic rings. The SMILES string of the molecule is CCN(Cc1ccncc1)C(=O)CC(c1ccccc1)c1ccc(C)cc1. The van der Waals surface area contributed by atoms with Crippen LogP contribution < -0.4 is 0 Å². The summed E-state index contributed by atoms with van der Waals surface area (Å²) in [7, 11) is 0. The molecule has 1 atom stereocenters. The molecule has 27 heavy (non-hydrogen) atoms. The maximum atomic E-state index is 13.1. The van der Waals surface area contributed by atoms with E-state index in [0.717, 1.165) is 5.56 Å². The summed E-state index contributed by atoms with van der Waals surface area (Å²) in [6.07, 6.45) is 4.01. The molecule has 3 nitrogen and oxygen atoms in total. The van der Waals surface area contributed by atoms with E-state index in [2.05, 4.69) is 48.3 Å². The third-order valence-electron chi connectivity index (χ3n) is 4.92. The van der Waals surface area contributed by atoms with Crippen LogP contribution in [0.3, 0.4) is 0 Å². The molecular weight excluding hydrogens is 332 g/mol. The van der Waals surface area contributed by atoms with Crippen molar-refractivity contribution in [1.82, 2.24) is 9.88 Å². The maximum absolute atomic E-state index is 13.1. The van der Waals surface area contributed by atoms with E-state index in [-0.39, 0.29) is 11.8 Å². The molecule has 0 aliphatic heterocycles. The monoisotopic (exact) mass is 358 g/mol. The first kappa shape index (κ1) is 18.8. The summed E-state index contributed by atoms with van der Waals surface area (Å²) >= 11 is 0.